The first-order valence-corrected chi connectivity index (χ1v) is 9.56. The van der Waals surface area contributed by atoms with Crippen molar-refractivity contribution in [3.8, 4) is 0 Å². The van der Waals surface area contributed by atoms with Gasteiger partial charge < -0.3 is 10.0 Å². The molecule has 4 nitrogen and oxygen atoms in total. The van der Waals surface area contributed by atoms with Crippen molar-refractivity contribution in [3.63, 3.8) is 0 Å². The van der Waals surface area contributed by atoms with Crippen LogP contribution in [0.15, 0.2) is 48.1 Å². The van der Waals surface area contributed by atoms with Crippen molar-refractivity contribution in [3.05, 3.63) is 48.1 Å². The summed E-state index contributed by atoms with van der Waals surface area (Å²) in [4.78, 5) is 25.1. The quantitative estimate of drug-likeness (QED) is 0.345. The smallest absolute Gasteiger partial charge is 0.222 e. The Morgan fingerprint density at radius 1 is 1.23 bits per heavy atom. The van der Waals surface area contributed by atoms with Crippen molar-refractivity contribution >= 4 is 11.7 Å². The molecular weight excluding hydrogens is 326 g/mol. The van der Waals surface area contributed by atoms with Crippen molar-refractivity contribution in [1.29, 1.82) is 0 Å². The van der Waals surface area contributed by atoms with Crippen LogP contribution in [-0.2, 0) is 9.59 Å². The minimum atomic E-state index is -0.441. The molecule has 0 fully saturated rings. The van der Waals surface area contributed by atoms with Gasteiger partial charge in [0.05, 0.1) is 6.10 Å². The molecule has 0 unspecified atom stereocenters. The van der Waals surface area contributed by atoms with Crippen LogP contribution in [0.1, 0.15) is 51.9 Å². The van der Waals surface area contributed by atoms with E-state index in [2.05, 4.69) is 19.1 Å². The first kappa shape index (κ1) is 22.1. The number of hydrogen-bond acceptors (Lipinski definition) is 3. The molecule has 1 amide bonds. The third-order valence-corrected chi connectivity index (χ3v) is 4.40. The molecule has 0 spiro atoms. The monoisotopic (exact) mass is 359 g/mol. The first-order chi connectivity index (χ1) is 12.5. The van der Waals surface area contributed by atoms with Crippen LogP contribution < -0.4 is 0 Å². The van der Waals surface area contributed by atoms with Gasteiger partial charge in [-0.05, 0) is 44.6 Å². The molecule has 1 rings (SSSR count). The normalized spacial score (nSPS) is 19.9. The predicted molar refractivity (Wildman–Crippen MR) is 107 cm³/mol. The number of aliphatic hydroxyl groups excluding tert-OH is 1. The molecular formula is C22H33NO3. The standard InChI is InChI=1S/C22H33NO3/c1-4-5-8-12-19(24)15-16-20-18(14-17-21(20)25)11-9-6-7-10-13-22(26)23(2)3/h5-6,8-9,14,16-19,24H,4,7,10-13,15H2,1-3H3/b8-5-,9-6-,20-16+/t18-,19-/m0/s1. The molecule has 0 aromatic carbocycles. The fraction of sp³-hybridized carbons (Fsp3) is 0.545. The summed E-state index contributed by atoms with van der Waals surface area (Å²) in [5.74, 6) is 0.303. The maximum atomic E-state index is 12.0. The van der Waals surface area contributed by atoms with E-state index in [1.54, 1.807) is 25.1 Å². The van der Waals surface area contributed by atoms with Gasteiger partial charge >= 0.3 is 0 Å². The molecule has 1 aliphatic carbocycles. The Kier molecular flexibility index (Phi) is 10.6. The molecule has 0 aromatic rings. The van der Waals surface area contributed by atoms with Gasteiger partial charge in [-0.3, -0.25) is 9.59 Å². The number of ketones is 1. The van der Waals surface area contributed by atoms with E-state index in [1.807, 2.05) is 24.3 Å². The topological polar surface area (TPSA) is 57.6 Å². The van der Waals surface area contributed by atoms with E-state index in [9.17, 15) is 14.7 Å². The molecule has 0 saturated heterocycles. The molecule has 0 aromatic heterocycles. The van der Waals surface area contributed by atoms with Crippen LogP contribution in [-0.4, -0.2) is 41.9 Å². The van der Waals surface area contributed by atoms with Crippen molar-refractivity contribution < 1.29 is 14.7 Å². The number of aliphatic hydroxyl groups is 1. The second kappa shape index (κ2) is 12.4. The second-order valence-corrected chi connectivity index (χ2v) is 6.88. The van der Waals surface area contributed by atoms with Gasteiger partial charge in [-0.25, -0.2) is 0 Å². The van der Waals surface area contributed by atoms with Crippen LogP contribution >= 0.6 is 0 Å². The van der Waals surface area contributed by atoms with Crippen molar-refractivity contribution in [1.82, 2.24) is 4.90 Å². The van der Waals surface area contributed by atoms with E-state index in [0.29, 0.717) is 19.3 Å². The second-order valence-electron chi connectivity index (χ2n) is 6.88. The molecule has 144 valence electrons. The largest absolute Gasteiger partial charge is 0.392 e. The van der Waals surface area contributed by atoms with E-state index in [-0.39, 0.29) is 17.6 Å². The van der Waals surface area contributed by atoms with Gasteiger partial charge in [-0.15, -0.1) is 0 Å². The summed E-state index contributed by atoms with van der Waals surface area (Å²) in [6.07, 6.45) is 18.4. The zero-order chi connectivity index (χ0) is 19.4. The highest BCUT2D eigenvalue weighted by atomic mass is 16.3. The van der Waals surface area contributed by atoms with Gasteiger partial charge in [-0.1, -0.05) is 43.4 Å². The summed E-state index contributed by atoms with van der Waals surface area (Å²) in [6, 6.07) is 0. The van der Waals surface area contributed by atoms with Gasteiger partial charge in [0.15, 0.2) is 5.78 Å². The Balaban J connectivity index is 2.40. The number of rotatable bonds is 11. The molecule has 2 atom stereocenters. The Morgan fingerprint density at radius 2 is 2.00 bits per heavy atom. The lowest BCUT2D eigenvalue weighted by Crippen LogP contribution is -2.20. The summed E-state index contributed by atoms with van der Waals surface area (Å²) in [6.45, 7) is 2.06. The number of carbonyl (C=O) groups excluding carboxylic acids is 2. The summed E-state index contributed by atoms with van der Waals surface area (Å²) in [7, 11) is 3.54. The van der Waals surface area contributed by atoms with E-state index in [1.165, 1.54) is 0 Å². The van der Waals surface area contributed by atoms with Crippen LogP contribution in [0.5, 0.6) is 0 Å². The van der Waals surface area contributed by atoms with Gasteiger partial charge in [-0.2, -0.15) is 0 Å². The zero-order valence-corrected chi connectivity index (χ0v) is 16.4. The number of amides is 1. The molecule has 26 heavy (non-hydrogen) atoms. The number of carbonyl (C=O) groups is 2. The van der Waals surface area contributed by atoms with Crippen LogP contribution in [0.3, 0.4) is 0 Å². The van der Waals surface area contributed by atoms with E-state index in [4.69, 9.17) is 0 Å². The molecule has 0 heterocycles. The van der Waals surface area contributed by atoms with E-state index >= 15 is 0 Å². The minimum Gasteiger partial charge on any atom is -0.392 e. The van der Waals surface area contributed by atoms with Crippen molar-refractivity contribution in [2.75, 3.05) is 14.1 Å². The lowest BCUT2D eigenvalue weighted by molar-refractivity contribution is -0.128. The number of nitrogens with zero attached hydrogens (tertiary/aromatic N) is 1. The molecule has 0 radical (unpaired) electrons. The summed E-state index contributed by atoms with van der Waals surface area (Å²) in [5, 5.41) is 9.99. The van der Waals surface area contributed by atoms with E-state index < -0.39 is 6.10 Å². The van der Waals surface area contributed by atoms with Crippen LogP contribution in [0.4, 0.5) is 0 Å². The molecule has 1 N–H and O–H groups in total. The predicted octanol–water partition coefficient (Wildman–Crippen LogP) is 3.98. The fourth-order valence-corrected chi connectivity index (χ4v) is 2.78. The Labute approximate surface area is 158 Å². The third-order valence-electron chi connectivity index (χ3n) is 4.40. The van der Waals surface area contributed by atoms with Gasteiger partial charge in [0.25, 0.3) is 0 Å². The molecule has 0 bridgehead atoms. The lowest BCUT2D eigenvalue weighted by Gasteiger charge is -2.10. The zero-order valence-electron chi connectivity index (χ0n) is 16.4. The average Bonchev–Trinajstić information content (AvgIpc) is 2.95. The highest BCUT2D eigenvalue weighted by Crippen LogP contribution is 2.26. The highest BCUT2D eigenvalue weighted by molar-refractivity contribution is 6.07. The summed E-state index contributed by atoms with van der Waals surface area (Å²) >= 11 is 0. The van der Waals surface area contributed by atoms with Crippen LogP contribution in [0, 0.1) is 5.92 Å². The van der Waals surface area contributed by atoms with Gasteiger partial charge in [0.2, 0.25) is 5.91 Å². The first-order valence-electron chi connectivity index (χ1n) is 9.56. The molecule has 0 saturated carbocycles. The van der Waals surface area contributed by atoms with Gasteiger partial charge in [0, 0.05) is 32.0 Å². The number of hydrogen-bond donors (Lipinski definition) is 1. The van der Waals surface area contributed by atoms with Crippen molar-refractivity contribution in [2.24, 2.45) is 5.92 Å². The molecule has 1 aliphatic rings. The minimum absolute atomic E-state index is 0.0521. The SMILES string of the molecule is CC/C=C\C[C@H](O)C/C=C1/C(=O)C=C[C@@H]1C/C=C\CCCC(=O)N(C)C. The van der Waals surface area contributed by atoms with Crippen molar-refractivity contribution in [2.45, 2.75) is 58.0 Å². The maximum absolute atomic E-state index is 12.0. The maximum Gasteiger partial charge on any atom is 0.222 e. The molecule has 4 heteroatoms. The average molecular weight is 360 g/mol. The highest BCUT2D eigenvalue weighted by Gasteiger charge is 2.21. The molecule has 0 aliphatic heterocycles. The number of unbranched alkanes of at least 4 members (excludes halogenated alkanes) is 1. The summed E-state index contributed by atoms with van der Waals surface area (Å²) < 4.78 is 0. The number of allylic oxidation sites excluding steroid dienone is 6. The van der Waals surface area contributed by atoms with Crippen LogP contribution in [0.25, 0.3) is 0 Å². The Bertz CT molecular complexity index is 570. The van der Waals surface area contributed by atoms with Crippen LogP contribution in [0.2, 0.25) is 0 Å². The van der Waals surface area contributed by atoms with E-state index in [0.717, 1.165) is 31.3 Å². The fourth-order valence-electron chi connectivity index (χ4n) is 2.78. The third kappa shape index (κ3) is 8.43. The van der Waals surface area contributed by atoms with Gasteiger partial charge in [0.1, 0.15) is 0 Å². The summed E-state index contributed by atoms with van der Waals surface area (Å²) in [5.41, 5.74) is 0.788. The lowest BCUT2D eigenvalue weighted by atomic mass is 9.96. The Morgan fingerprint density at radius 3 is 2.69 bits per heavy atom. The Hall–Kier alpha value is -1.94.